The Morgan fingerprint density at radius 1 is 0.722 bits per heavy atom. The van der Waals surface area contributed by atoms with Crippen molar-refractivity contribution in [2.24, 2.45) is 29.1 Å². The molecule has 0 heteroatoms. The summed E-state index contributed by atoms with van der Waals surface area (Å²) in [7, 11) is 0. The van der Waals surface area contributed by atoms with Crippen LogP contribution in [0.2, 0.25) is 0 Å². The molecule has 0 atom stereocenters. The Kier molecular flexibility index (Phi) is 12.3. The van der Waals surface area contributed by atoms with Gasteiger partial charge in [0.05, 0.1) is 0 Å². The summed E-state index contributed by atoms with van der Waals surface area (Å²) in [5, 5.41) is 0. The summed E-state index contributed by atoms with van der Waals surface area (Å²) in [6.45, 7) is 26.5. The average Bonchev–Trinajstić information content (AvgIpc) is 2.16. The first-order valence-corrected chi connectivity index (χ1v) is 7.13. The third-order valence-electron chi connectivity index (χ3n) is 4.46. The van der Waals surface area contributed by atoms with E-state index < -0.39 is 0 Å². The van der Waals surface area contributed by atoms with Gasteiger partial charge in [-0.1, -0.05) is 88.8 Å². The lowest BCUT2D eigenvalue weighted by Crippen LogP contribution is -2.25. The topological polar surface area (TPSA) is 0 Å². The maximum atomic E-state index is 3.95. The molecule has 0 bridgehead atoms. The lowest BCUT2D eigenvalue weighted by atomic mass is 9.72. The molecule has 0 unspecified atom stereocenters. The monoisotopic (exact) mass is 256 g/mol. The second-order valence-electron chi connectivity index (χ2n) is 7.02. The summed E-state index contributed by atoms with van der Waals surface area (Å²) < 4.78 is 0. The van der Waals surface area contributed by atoms with Crippen molar-refractivity contribution in [2.75, 3.05) is 0 Å². The fourth-order valence-electron chi connectivity index (χ4n) is 1.33. The molecule has 0 N–H and O–H groups in total. The molecule has 0 aliphatic heterocycles. The molecule has 0 saturated carbocycles. The molecule has 0 rings (SSSR count). The maximum absolute atomic E-state index is 3.95. The van der Waals surface area contributed by atoms with Crippen LogP contribution in [0.25, 0.3) is 0 Å². The van der Waals surface area contributed by atoms with Crippen molar-refractivity contribution in [3.8, 4) is 0 Å². The first-order chi connectivity index (χ1) is 7.44. The van der Waals surface area contributed by atoms with E-state index in [1.807, 2.05) is 0 Å². The number of allylic oxidation sites excluding steroid dienone is 1. The highest BCUT2D eigenvalue weighted by Gasteiger charge is 2.25. The lowest BCUT2D eigenvalue weighted by Gasteiger charge is -2.33. The van der Waals surface area contributed by atoms with E-state index in [4.69, 9.17) is 0 Å². The van der Waals surface area contributed by atoms with Crippen molar-refractivity contribution < 1.29 is 0 Å². The number of hydrogen-bond donors (Lipinski definition) is 0. The summed E-state index contributed by atoms with van der Waals surface area (Å²) in [6, 6.07) is 0. The van der Waals surface area contributed by atoms with Gasteiger partial charge >= 0.3 is 0 Å². The van der Waals surface area contributed by atoms with Crippen LogP contribution in [0.3, 0.4) is 0 Å². The summed E-state index contributed by atoms with van der Waals surface area (Å²) in [5.74, 6) is 2.87. The van der Waals surface area contributed by atoms with Crippen molar-refractivity contribution in [3.63, 3.8) is 0 Å². The van der Waals surface area contributed by atoms with Gasteiger partial charge in [0.25, 0.3) is 0 Å². The summed E-state index contributed by atoms with van der Waals surface area (Å²) in [6.07, 6.45) is 0. The van der Waals surface area contributed by atoms with Gasteiger partial charge in [-0.3, -0.25) is 0 Å². The molecule has 112 valence electrons. The van der Waals surface area contributed by atoms with E-state index in [1.165, 1.54) is 5.57 Å². The van der Waals surface area contributed by atoms with Gasteiger partial charge in [-0.2, -0.15) is 0 Å². The molecule has 0 fully saturated rings. The third-order valence-corrected chi connectivity index (χ3v) is 4.46. The molecule has 0 radical (unpaired) electrons. The van der Waals surface area contributed by atoms with E-state index in [-0.39, 0.29) is 7.43 Å². The quantitative estimate of drug-likeness (QED) is 0.484. The van der Waals surface area contributed by atoms with Gasteiger partial charge < -0.3 is 0 Å². The molecular weight excluding hydrogens is 216 g/mol. The zero-order valence-corrected chi connectivity index (χ0v) is 14.0. The molecule has 0 saturated heterocycles. The summed E-state index contributed by atoms with van der Waals surface area (Å²) in [4.78, 5) is 0. The molecule has 0 spiro atoms. The van der Waals surface area contributed by atoms with Gasteiger partial charge in [0.2, 0.25) is 0 Å². The summed E-state index contributed by atoms with van der Waals surface area (Å²) >= 11 is 0. The molecule has 0 amide bonds. The SMILES string of the molecule is C.C=C(C(C)C)C(C)C.CC(C)C(C)(C)C(C)C. The Morgan fingerprint density at radius 2 is 0.944 bits per heavy atom. The predicted octanol–water partition coefficient (Wildman–Crippen LogP) is 6.82. The second kappa shape index (κ2) is 9.64. The first kappa shape index (κ1) is 22.9. The highest BCUT2D eigenvalue weighted by atomic mass is 14.3. The van der Waals surface area contributed by atoms with E-state index in [0.29, 0.717) is 17.3 Å². The van der Waals surface area contributed by atoms with Gasteiger partial charge in [0, 0.05) is 0 Å². The van der Waals surface area contributed by atoms with E-state index in [9.17, 15) is 0 Å². The minimum Gasteiger partial charge on any atom is -0.0993 e. The van der Waals surface area contributed by atoms with Gasteiger partial charge in [-0.15, -0.1) is 0 Å². The lowest BCUT2D eigenvalue weighted by molar-refractivity contribution is 0.165. The Bertz CT molecular complexity index is 184. The van der Waals surface area contributed by atoms with Crippen molar-refractivity contribution >= 4 is 0 Å². The van der Waals surface area contributed by atoms with E-state index in [2.05, 4.69) is 75.8 Å². The van der Waals surface area contributed by atoms with Crippen LogP contribution < -0.4 is 0 Å². The number of hydrogen-bond acceptors (Lipinski definition) is 0. The Balaban J connectivity index is -0.000000238. The fourth-order valence-corrected chi connectivity index (χ4v) is 1.33. The summed E-state index contributed by atoms with van der Waals surface area (Å²) in [5.41, 5.74) is 1.85. The zero-order valence-electron chi connectivity index (χ0n) is 14.0. The molecule has 18 heavy (non-hydrogen) atoms. The van der Waals surface area contributed by atoms with Gasteiger partial charge in [0.1, 0.15) is 0 Å². The van der Waals surface area contributed by atoms with Crippen LogP contribution in [0, 0.1) is 29.1 Å². The Hall–Kier alpha value is -0.260. The predicted molar refractivity (Wildman–Crippen MR) is 89.0 cm³/mol. The van der Waals surface area contributed by atoms with Crippen molar-refractivity contribution in [1.29, 1.82) is 0 Å². The fraction of sp³-hybridized carbons (Fsp3) is 0.889. The minimum atomic E-state index is 0. The van der Waals surface area contributed by atoms with Crippen LogP contribution in [0.15, 0.2) is 12.2 Å². The normalized spacial score (nSPS) is 11.4. The smallest absolute Gasteiger partial charge is 0.0260 e. The molecule has 0 aromatic rings. The highest BCUT2D eigenvalue weighted by molar-refractivity contribution is 4.99. The van der Waals surface area contributed by atoms with Crippen LogP contribution in [0.4, 0.5) is 0 Å². The molecule has 0 aliphatic carbocycles. The van der Waals surface area contributed by atoms with Crippen molar-refractivity contribution in [3.05, 3.63) is 12.2 Å². The zero-order chi connectivity index (χ0) is 14.4. The van der Waals surface area contributed by atoms with Gasteiger partial charge in [-0.25, -0.2) is 0 Å². The van der Waals surface area contributed by atoms with Gasteiger partial charge in [0.15, 0.2) is 0 Å². The largest absolute Gasteiger partial charge is 0.0993 e. The van der Waals surface area contributed by atoms with Crippen LogP contribution in [0.5, 0.6) is 0 Å². The highest BCUT2D eigenvalue weighted by Crippen LogP contribution is 2.33. The van der Waals surface area contributed by atoms with Crippen molar-refractivity contribution in [2.45, 2.75) is 76.7 Å². The second-order valence-corrected chi connectivity index (χ2v) is 7.02. The molecular formula is C18H40. The third kappa shape index (κ3) is 8.78. The number of rotatable bonds is 4. The molecule has 0 heterocycles. The van der Waals surface area contributed by atoms with Crippen LogP contribution >= 0.6 is 0 Å². The van der Waals surface area contributed by atoms with E-state index >= 15 is 0 Å². The van der Waals surface area contributed by atoms with E-state index in [1.54, 1.807) is 0 Å². The van der Waals surface area contributed by atoms with Crippen LogP contribution in [0.1, 0.15) is 76.7 Å². The Morgan fingerprint density at radius 3 is 0.944 bits per heavy atom. The van der Waals surface area contributed by atoms with Crippen LogP contribution in [-0.2, 0) is 0 Å². The van der Waals surface area contributed by atoms with Crippen molar-refractivity contribution in [1.82, 2.24) is 0 Å². The minimum absolute atomic E-state index is 0. The first-order valence-electron chi connectivity index (χ1n) is 7.13. The van der Waals surface area contributed by atoms with Crippen LogP contribution in [-0.4, -0.2) is 0 Å². The molecule has 0 nitrogen and oxygen atoms in total. The Labute approximate surface area is 118 Å². The average molecular weight is 257 g/mol. The standard InChI is InChI=1S/C9H20.C8H16.CH4/c1-7(2)9(5,6)8(3)4;1-6(2)8(5)7(3)4;/h7-8H,1-6H3;6-7H,5H2,1-4H3;1H4. The van der Waals surface area contributed by atoms with Gasteiger partial charge in [-0.05, 0) is 29.1 Å². The molecule has 0 aliphatic rings. The molecule has 0 aromatic heterocycles. The van der Waals surface area contributed by atoms with E-state index in [0.717, 1.165) is 11.8 Å². The maximum Gasteiger partial charge on any atom is -0.0260 e. The molecule has 0 aromatic carbocycles.